The molecule has 2 aromatic rings. The number of amides is 2. The molecule has 4 aliphatic rings. The highest BCUT2D eigenvalue weighted by Crippen LogP contribution is 2.42. The summed E-state index contributed by atoms with van der Waals surface area (Å²) in [6, 6.07) is 8.03. The average Bonchev–Trinajstić information content (AvgIpc) is 3.37. The fourth-order valence-electron chi connectivity index (χ4n) is 7.46. The van der Waals surface area contributed by atoms with Crippen LogP contribution in [0.5, 0.6) is 0 Å². The lowest BCUT2D eigenvalue weighted by Gasteiger charge is -2.36. The first-order valence-corrected chi connectivity index (χ1v) is 14.4. The van der Waals surface area contributed by atoms with E-state index in [1.165, 1.54) is 25.0 Å². The minimum absolute atomic E-state index is 0.156. The molecule has 5 nitrogen and oxygen atoms in total. The van der Waals surface area contributed by atoms with Crippen LogP contribution in [0.25, 0.3) is 0 Å². The van der Waals surface area contributed by atoms with Crippen molar-refractivity contribution in [3.8, 4) is 0 Å². The standard InChI is InChI=1S/C31H37F2N3O2/c1-19-8-10-27(33)26-18-28(36(30(19)26)24-6-4-2-3-5-7-24)31(38)34-23-15-21(14-22(32)17-23)20-12-13-35-25(16-20)9-11-29(35)37/h8,10,14-15,17,20,24-25,28H,2-7,9,11-13,16,18H2,1H3,(H,34,38)/t20-,25-,28?/m0/s1. The number of carbonyl (C=O) groups excluding carboxylic acids is 2. The van der Waals surface area contributed by atoms with E-state index in [4.69, 9.17) is 0 Å². The minimum atomic E-state index is -0.525. The van der Waals surface area contributed by atoms with Gasteiger partial charge in [-0.15, -0.1) is 0 Å². The number of halogens is 2. The molecule has 0 bridgehead atoms. The molecule has 7 heteroatoms. The maximum Gasteiger partial charge on any atom is 0.247 e. The molecule has 3 heterocycles. The van der Waals surface area contributed by atoms with Gasteiger partial charge in [0.15, 0.2) is 0 Å². The number of benzene rings is 2. The Bertz CT molecular complexity index is 1240. The number of nitrogens with one attached hydrogen (secondary N) is 1. The summed E-state index contributed by atoms with van der Waals surface area (Å²) in [5, 5.41) is 3.01. The zero-order valence-electron chi connectivity index (χ0n) is 22.1. The molecule has 3 atom stereocenters. The molecule has 0 spiro atoms. The summed E-state index contributed by atoms with van der Waals surface area (Å²) < 4.78 is 29.7. The molecule has 1 aliphatic carbocycles. The van der Waals surface area contributed by atoms with Gasteiger partial charge in [-0.2, -0.15) is 0 Å². The van der Waals surface area contributed by atoms with Crippen LogP contribution in [-0.4, -0.2) is 41.4 Å². The van der Waals surface area contributed by atoms with Crippen molar-refractivity contribution in [3.63, 3.8) is 0 Å². The zero-order valence-corrected chi connectivity index (χ0v) is 22.1. The summed E-state index contributed by atoms with van der Waals surface area (Å²) in [5.74, 6) is -0.465. The van der Waals surface area contributed by atoms with Crippen LogP contribution in [0.2, 0.25) is 0 Å². The Morgan fingerprint density at radius 1 is 0.974 bits per heavy atom. The van der Waals surface area contributed by atoms with E-state index in [1.54, 1.807) is 12.1 Å². The molecule has 1 unspecified atom stereocenters. The van der Waals surface area contributed by atoms with Gasteiger partial charge in [0.25, 0.3) is 0 Å². The molecule has 1 saturated carbocycles. The second-order valence-corrected chi connectivity index (χ2v) is 11.7. The second kappa shape index (κ2) is 10.3. The molecule has 3 fully saturated rings. The van der Waals surface area contributed by atoms with E-state index in [2.05, 4.69) is 10.2 Å². The fraction of sp³-hybridized carbons (Fsp3) is 0.548. The van der Waals surface area contributed by atoms with Crippen LogP contribution in [0.1, 0.15) is 86.8 Å². The molecule has 0 radical (unpaired) electrons. The third-order valence-corrected chi connectivity index (χ3v) is 9.33. The summed E-state index contributed by atoms with van der Waals surface area (Å²) in [7, 11) is 0. The van der Waals surface area contributed by atoms with Gasteiger partial charge in [-0.3, -0.25) is 9.59 Å². The zero-order chi connectivity index (χ0) is 26.4. The predicted molar refractivity (Wildman–Crippen MR) is 144 cm³/mol. The van der Waals surface area contributed by atoms with Crippen LogP contribution in [0.3, 0.4) is 0 Å². The quantitative estimate of drug-likeness (QED) is 0.485. The normalized spacial score (nSPS) is 25.8. The number of rotatable bonds is 4. The van der Waals surface area contributed by atoms with Gasteiger partial charge in [0.1, 0.15) is 17.7 Å². The van der Waals surface area contributed by atoms with Crippen LogP contribution < -0.4 is 10.2 Å². The second-order valence-electron chi connectivity index (χ2n) is 11.7. The Morgan fingerprint density at radius 2 is 1.76 bits per heavy atom. The number of aryl methyl sites for hydroxylation is 1. The summed E-state index contributed by atoms with van der Waals surface area (Å²) in [4.78, 5) is 30.0. The van der Waals surface area contributed by atoms with Crippen LogP contribution in [-0.2, 0) is 16.0 Å². The van der Waals surface area contributed by atoms with Crippen LogP contribution >= 0.6 is 0 Å². The van der Waals surface area contributed by atoms with Gasteiger partial charge in [-0.1, -0.05) is 31.7 Å². The molecule has 6 rings (SSSR count). The first-order valence-electron chi connectivity index (χ1n) is 14.4. The molecule has 202 valence electrons. The minimum Gasteiger partial charge on any atom is -0.356 e. The summed E-state index contributed by atoms with van der Waals surface area (Å²) in [5.41, 5.74) is 3.80. The number of nitrogens with zero attached hydrogens (tertiary/aromatic N) is 2. The Balaban J connectivity index is 1.25. The average molecular weight is 522 g/mol. The number of hydrogen-bond donors (Lipinski definition) is 1. The first kappa shape index (κ1) is 25.3. The Morgan fingerprint density at radius 3 is 2.55 bits per heavy atom. The molecule has 38 heavy (non-hydrogen) atoms. The molecule has 2 saturated heterocycles. The molecule has 2 amide bonds. The number of piperidine rings is 1. The van der Waals surface area contributed by atoms with E-state index < -0.39 is 6.04 Å². The predicted octanol–water partition coefficient (Wildman–Crippen LogP) is 6.23. The van der Waals surface area contributed by atoms with Gasteiger partial charge in [0.05, 0.1) is 0 Å². The lowest BCUT2D eigenvalue weighted by Crippen LogP contribution is -2.47. The van der Waals surface area contributed by atoms with E-state index in [-0.39, 0.29) is 41.5 Å². The molecular formula is C31H37F2N3O2. The Labute approximate surface area is 223 Å². The molecule has 2 aromatic carbocycles. The lowest BCUT2D eigenvalue weighted by molar-refractivity contribution is -0.130. The topological polar surface area (TPSA) is 52.7 Å². The van der Waals surface area contributed by atoms with Gasteiger partial charge < -0.3 is 15.1 Å². The van der Waals surface area contributed by atoms with Crippen molar-refractivity contribution in [1.29, 1.82) is 0 Å². The van der Waals surface area contributed by atoms with Gasteiger partial charge >= 0.3 is 0 Å². The smallest absolute Gasteiger partial charge is 0.247 e. The highest BCUT2D eigenvalue weighted by Gasteiger charge is 2.41. The monoisotopic (exact) mass is 521 g/mol. The molecule has 1 N–H and O–H groups in total. The third-order valence-electron chi connectivity index (χ3n) is 9.33. The van der Waals surface area contributed by atoms with Crippen LogP contribution in [0.15, 0.2) is 30.3 Å². The van der Waals surface area contributed by atoms with Gasteiger partial charge in [-0.25, -0.2) is 8.78 Å². The molecule has 3 aliphatic heterocycles. The van der Waals surface area contributed by atoms with Gasteiger partial charge in [0.2, 0.25) is 11.8 Å². The summed E-state index contributed by atoms with van der Waals surface area (Å²) in [6.07, 6.45) is 9.99. The number of anilines is 2. The Kier molecular flexibility index (Phi) is 6.87. The summed E-state index contributed by atoms with van der Waals surface area (Å²) in [6.45, 7) is 2.69. The molecular weight excluding hydrogens is 484 g/mol. The highest BCUT2D eigenvalue weighted by molar-refractivity contribution is 5.99. The maximum atomic E-state index is 15.0. The van der Waals surface area contributed by atoms with Crippen molar-refractivity contribution >= 4 is 23.2 Å². The fourth-order valence-corrected chi connectivity index (χ4v) is 7.46. The van der Waals surface area contributed by atoms with E-state index in [0.29, 0.717) is 30.6 Å². The van der Waals surface area contributed by atoms with Crippen molar-refractivity contribution in [3.05, 3.63) is 58.7 Å². The number of hydrogen-bond acceptors (Lipinski definition) is 3. The van der Waals surface area contributed by atoms with Crippen molar-refractivity contribution in [2.75, 3.05) is 16.8 Å². The lowest BCUT2D eigenvalue weighted by atomic mass is 9.85. The largest absolute Gasteiger partial charge is 0.356 e. The van der Waals surface area contributed by atoms with Crippen molar-refractivity contribution in [1.82, 2.24) is 4.90 Å². The SMILES string of the molecule is Cc1ccc(F)c2c1N(C1CCCCCC1)C(C(=O)Nc1cc(F)cc([C@H]3CCN4C(=O)CC[C@H]4C3)c1)C2. The van der Waals surface area contributed by atoms with Crippen molar-refractivity contribution in [2.24, 2.45) is 0 Å². The van der Waals surface area contributed by atoms with E-state index in [1.807, 2.05) is 17.9 Å². The van der Waals surface area contributed by atoms with Crippen LogP contribution in [0, 0.1) is 18.6 Å². The van der Waals surface area contributed by atoms with Gasteiger partial charge in [-0.05, 0) is 80.3 Å². The number of carbonyl (C=O) groups is 2. The maximum absolute atomic E-state index is 15.0. The molecule has 0 aromatic heterocycles. The van der Waals surface area contributed by atoms with E-state index in [0.717, 1.165) is 61.8 Å². The highest BCUT2D eigenvalue weighted by atomic mass is 19.1. The summed E-state index contributed by atoms with van der Waals surface area (Å²) >= 11 is 0. The first-order chi connectivity index (χ1) is 18.4. The number of fused-ring (bicyclic) bond motifs is 2. The van der Waals surface area contributed by atoms with E-state index in [9.17, 15) is 18.4 Å². The van der Waals surface area contributed by atoms with Crippen molar-refractivity contribution < 1.29 is 18.4 Å². The van der Waals surface area contributed by atoms with E-state index >= 15 is 0 Å². The third kappa shape index (κ3) is 4.69. The van der Waals surface area contributed by atoms with Gasteiger partial charge in [0, 0.05) is 48.4 Å². The van der Waals surface area contributed by atoms with Crippen LogP contribution in [0.4, 0.5) is 20.2 Å². The Hall–Kier alpha value is -2.96. The van der Waals surface area contributed by atoms with Crippen molar-refractivity contribution in [2.45, 2.75) is 102 Å².